The maximum atomic E-state index is 12.8. The molecule has 0 heterocycles. The number of Topliss-reactive ketones (excluding diaryl/α,β-unsaturated/α-hetero) is 2. The Bertz CT molecular complexity index is 1340. The number of benzene rings is 3. The van der Waals surface area contributed by atoms with Gasteiger partial charge in [0.25, 0.3) is 0 Å². The highest BCUT2D eigenvalue weighted by Crippen LogP contribution is 2.29. The van der Waals surface area contributed by atoms with Crippen molar-refractivity contribution >= 4 is 38.7 Å². The van der Waals surface area contributed by atoms with Crippen LogP contribution in [0.2, 0.25) is 0 Å². The number of rotatable bonds is 6. The number of ketones is 2. The number of allylic oxidation sites excluding steroid dienone is 2. The normalized spacial score (nSPS) is 13.7. The molecular formula is C24H18ClNO5S. The Hall–Kier alpha value is -3.42. The summed E-state index contributed by atoms with van der Waals surface area (Å²) >= 11 is 6.17. The minimum absolute atomic E-state index is 0.00558. The molecule has 162 valence electrons. The van der Waals surface area contributed by atoms with Gasteiger partial charge in [0.05, 0.1) is 17.8 Å². The molecule has 0 fully saturated rings. The molecule has 1 aliphatic rings. The summed E-state index contributed by atoms with van der Waals surface area (Å²) in [5.41, 5.74) is 1.62. The molecule has 32 heavy (non-hydrogen) atoms. The predicted molar refractivity (Wildman–Crippen MR) is 122 cm³/mol. The van der Waals surface area contributed by atoms with Gasteiger partial charge in [-0.3, -0.25) is 9.59 Å². The number of sulfone groups is 1. The average Bonchev–Trinajstić information content (AvgIpc) is 2.81. The molecule has 0 spiro atoms. The van der Waals surface area contributed by atoms with Gasteiger partial charge in [-0.05, 0) is 42.0 Å². The van der Waals surface area contributed by atoms with Gasteiger partial charge in [-0.1, -0.05) is 48.0 Å². The smallest absolute Gasteiger partial charge is 0.211 e. The molecule has 0 aliphatic heterocycles. The quantitative estimate of drug-likeness (QED) is 0.569. The maximum Gasteiger partial charge on any atom is 0.211 e. The lowest BCUT2D eigenvalue weighted by atomic mass is 9.92. The molecule has 0 saturated heterocycles. The van der Waals surface area contributed by atoms with Gasteiger partial charge in [-0.15, -0.1) is 0 Å². The van der Waals surface area contributed by atoms with Crippen LogP contribution in [-0.2, 0) is 15.6 Å². The van der Waals surface area contributed by atoms with Crippen molar-refractivity contribution in [3.8, 4) is 5.75 Å². The fourth-order valence-electron chi connectivity index (χ4n) is 3.37. The lowest BCUT2D eigenvalue weighted by molar-refractivity contribution is 0.0982. The summed E-state index contributed by atoms with van der Waals surface area (Å²) in [6, 6.07) is 19.2. The Morgan fingerprint density at radius 3 is 2.03 bits per heavy atom. The van der Waals surface area contributed by atoms with Crippen molar-refractivity contribution in [2.45, 2.75) is 10.6 Å². The number of ether oxygens (including phenoxy) is 1. The summed E-state index contributed by atoms with van der Waals surface area (Å²) in [7, 11) is -2.03. The number of methoxy groups -OCH3 is 1. The molecule has 1 aliphatic carbocycles. The minimum Gasteiger partial charge on any atom is -0.497 e. The Balaban J connectivity index is 1.52. The van der Waals surface area contributed by atoms with Crippen molar-refractivity contribution in [3.63, 3.8) is 0 Å². The Morgan fingerprint density at radius 2 is 1.44 bits per heavy atom. The zero-order valence-electron chi connectivity index (χ0n) is 17.0. The molecule has 0 bridgehead atoms. The van der Waals surface area contributed by atoms with Crippen LogP contribution in [0, 0.1) is 0 Å². The van der Waals surface area contributed by atoms with E-state index in [4.69, 9.17) is 16.3 Å². The lowest BCUT2D eigenvalue weighted by Gasteiger charge is -2.19. The second-order valence-electron chi connectivity index (χ2n) is 7.15. The first-order valence-corrected chi connectivity index (χ1v) is 11.6. The molecule has 0 unspecified atom stereocenters. The van der Waals surface area contributed by atoms with Crippen LogP contribution < -0.4 is 10.1 Å². The first-order valence-electron chi connectivity index (χ1n) is 9.61. The summed E-state index contributed by atoms with van der Waals surface area (Å²) in [5.74, 6) is -0.415. The van der Waals surface area contributed by atoms with Gasteiger partial charge in [0.2, 0.25) is 11.6 Å². The SMILES string of the molecule is COc1ccc(S(=O)(=O)Cc2ccc(NC3=C(Cl)C(=O)c4ccccc4C3=O)cc2)cc1. The van der Waals surface area contributed by atoms with E-state index in [9.17, 15) is 18.0 Å². The second kappa shape index (κ2) is 8.61. The van der Waals surface area contributed by atoms with Crippen molar-refractivity contribution < 1.29 is 22.7 Å². The summed E-state index contributed by atoms with van der Waals surface area (Å²) in [6.45, 7) is 0. The van der Waals surface area contributed by atoms with Crippen molar-refractivity contribution in [3.05, 3.63) is 100 Å². The van der Waals surface area contributed by atoms with E-state index in [1.54, 1.807) is 60.7 Å². The fraction of sp³-hybridized carbons (Fsp3) is 0.0833. The summed E-state index contributed by atoms with van der Waals surface area (Å²) in [6.07, 6.45) is 0. The van der Waals surface area contributed by atoms with E-state index < -0.39 is 15.6 Å². The maximum absolute atomic E-state index is 12.8. The number of carbonyl (C=O) groups is 2. The first-order chi connectivity index (χ1) is 15.3. The second-order valence-corrected chi connectivity index (χ2v) is 9.52. The monoisotopic (exact) mass is 467 g/mol. The Kier molecular flexibility index (Phi) is 5.86. The zero-order valence-corrected chi connectivity index (χ0v) is 18.5. The molecule has 4 rings (SSSR count). The highest BCUT2D eigenvalue weighted by molar-refractivity contribution is 7.90. The number of hydrogen-bond acceptors (Lipinski definition) is 6. The van der Waals surface area contributed by atoms with E-state index in [1.807, 2.05) is 0 Å². The molecule has 8 heteroatoms. The molecule has 0 atom stereocenters. The molecule has 6 nitrogen and oxygen atoms in total. The largest absolute Gasteiger partial charge is 0.497 e. The van der Waals surface area contributed by atoms with E-state index in [0.29, 0.717) is 17.0 Å². The summed E-state index contributed by atoms with van der Waals surface area (Å²) in [4.78, 5) is 25.5. The molecule has 0 saturated carbocycles. The van der Waals surface area contributed by atoms with Crippen LogP contribution in [0.15, 0.2) is 88.4 Å². The number of halogens is 1. The van der Waals surface area contributed by atoms with Gasteiger partial charge in [0, 0.05) is 16.8 Å². The summed E-state index contributed by atoms with van der Waals surface area (Å²) in [5, 5.41) is 2.72. The van der Waals surface area contributed by atoms with Crippen molar-refractivity contribution in [1.29, 1.82) is 0 Å². The number of nitrogens with one attached hydrogen (secondary N) is 1. The number of fused-ring (bicyclic) bond motifs is 1. The molecule has 0 aromatic heterocycles. The highest BCUT2D eigenvalue weighted by Gasteiger charge is 2.31. The Labute approximate surface area is 190 Å². The molecule has 1 N–H and O–H groups in total. The predicted octanol–water partition coefficient (Wildman–Crippen LogP) is 4.61. The number of hydrogen-bond donors (Lipinski definition) is 1. The number of carbonyl (C=O) groups excluding carboxylic acids is 2. The lowest BCUT2D eigenvalue weighted by Crippen LogP contribution is -2.24. The third-order valence-electron chi connectivity index (χ3n) is 5.06. The molecule has 3 aromatic rings. The van der Waals surface area contributed by atoms with E-state index in [0.717, 1.165) is 0 Å². The molecule has 0 radical (unpaired) electrons. The van der Waals surface area contributed by atoms with Gasteiger partial charge >= 0.3 is 0 Å². The number of anilines is 1. The van der Waals surface area contributed by atoms with Crippen molar-refractivity contribution in [2.24, 2.45) is 0 Å². The van der Waals surface area contributed by atoms with Gasteiger partial charge in [-0.25, -0.2) is 8.42 Å². The van der Waals surface area contributed by atoms with Crippen LogP contribution in [0.4, 0.5) is 5.69 Å². The third-order valence-corrected chi connectivity index (χ3v) is 7.13. The first kappa shape index (κ1) is 21.8. The van der Waals surface area contributed by atoms with Crippen molar-refractivity contribution in [2.75, 3.05) is 12.4 Å². The van der Waals surface area contributed by atoms with Gasteiger partial charge < -0.3 is 10.1 Å². The van der Waals surface area contributed by atoms with Crippen LogP contribution >= 0.6 is 11.6 Å². The minimum atomic E-state index is -3.54. The van der Waals surface area contributed by atoms with Gasteiger partial charge in [-0.2, -0.15) is 0 Å². The highest BCUT2D eigenvalue weighted by atomic mass is 35.5. The standard InChI is InChI=1S/C24H18ClNO5S/c1-31-17-10-12-18(13-11-17)32(29,30)14-15-6-8-16(9-7-15)26-22-21(25)23(27)19-4-2-3-5-20(19)24(22)28/h2-13,26H,14H2,1H3. The fourth-order valence-corrected chi connectivity index (χ4v) is 4.95. The molecular weight excluding hydrogens is 450 g/mol. The van der Waals surface area contributed by atoms with E-state index in [-0.39, 0.29) is 38.3 Å². The van der Waals surface area contributed by atoms with Crippen molar-refractivity contribution in [1.82, 2.24) is 0 Å². The zero-order chi connectivity index (χ0) is 22.9. The average molecular weight is 468 g/mol. The van der Waals surface area contributed by atoms with E-state index in [1.165, 1.54) is 19.2 Å². The van der Waals surface area contributed by atoms with Gasteiger partial charge in [0.1, 0.15) is 16.5 Å². The van der Waals surface area contributed by atoms with Crippen LogP contribution in [0.3, 0.4) is 0 Å². The van der Waals surface area contributed by atoms with Crippen LogP contribution in [-0.4, -0.2) is 27.1 Å². The molecule has 0 amide bonds. The van der Waals surface area contributed by atoms with Gasteiger partial charge in [0.15, 0.2) is 9.84 Å². The Morgan fingerprint density at radius 1 is 0.844 bits per heavy atom. The van der Waals surface area contributed by atoms with Crippen LogP contribution in [0.1, 0.15) is 26.3 Å². The topological polar surface area (TPSA) is 89.5 Å². The summed E-state index contributed by atoms with van der Waals surface area (Å²) < 4.78 is 30.4. The third kappa shape index (κ3) is 4.17. The van der Waals surface area contributed by atoms with E-state index in [2.05, 4.69) is 5.32 Å². The van der Waals surface area contributed by atoms with Crippen LogP contribution in [0.25, 0.3) is 0 Å². The van der Waals surface area contributed by atoms with E-state index >= 15 is 0 Å². The van der Waals surface area contributed by atoms with Crippen LogP contribution in [0.5, 0.6) is 5.75 Å². The molecule has 3 aromatic carbocycles.